The summed E-state index contributed by atoms with van der Waals surface area (Å²) in [6.45, 7) is 2.22. The van der Waals surface area contributed by atoms with Crippen molar-refractivity contribution >= 4 is 5.91 Å². The van der Waals surface area contributed by atoms with Crippen LogP contribution in [-0.2, 0) is 6.42 Å². The molecule has 0 radical (unpaired) electrons. The van der Waals surface area contributed by atoms with E-state index < -0.39 is 0 Å². The van der Waals surface area contributed by atoms with Gasteiger partial charge in [-0.2, -0.15) is 0 Å². The molecule has 0 unspecified atom stereocenters. The molecule has 0 heterocycles. The van der Waals surface area contributed by atoms with E-state index in [-0.39, 0.29) is 5.91 Å². The van der Waals surface area contributed by atoms with E-state index in [9.17, 15) is 4.79 Å². The number of hydrogen-bond donors (Lipinski definition) is 1. The summed E-state index contributed by atoms with van der Waals surface area (Å²) in [5, 5.41) is 1.36. The Balaban J connectivity index is 2.42. The lowest BCUT2D eigenvalue weighted by molar-refractivity contribution is -0.489. The highest BCUT2D eigenvalue weighted by molar-refractivity contribution is 5.86. The van der Waals surface area contributed by atoms with Gasteiger partial charge in [-0.05, 0) is 30.5 Å². The van der Waals surface area contributed by atoms with Crippen molar-refractivity contribution in [2.75, 3.05) is 0 Å². The number of carbonyl (C=O) groups is 1. The maximum absolute atomic E-state index is 11.3. The average Bonchev–Trinajstić information content (AvgIpc) is 2.34. The minimum atomic E-state index is -0.00228. The Morgan fingerprint density at radius 3 is 2.44 bits per heavy atom. The molecule has 88 valence electrons. The van der Waals surface area contributed by atoms with Crippen molar-refractivity contribution < 1.29 is 10.1 Å². The van der Waals surface area contributed by atoms with E-state index in [0.29, 0.717) is 0 Å². The number of nitrogens with two attached hydrogens (primary N) is 1. The highest BCUT2D eigenvalue weighted by Gasteiger charge is 2.03. The zero-order valence-corrected chi connectivity index (χ0v) is 10.0. The van der Waals surface area contributed by atoms with Gasteiger partial charge in [0.2, 0.25) is 0 Å². The summed E-state index contributed by atoms with van der Waals surface area (Å²) in [6, 6.07) is 7.86. The molecule has 1 aromatic carbocycles. The number of rotatable bonds is 6. The van der Waals surface area contributed by atoms with E-state index in [1.54, 1.807) is 0 Å². The molecule has 0 saturated heterocycles. The summed E-state index contributed by atoms with van der Waals surface area (Å²) in [4.78, 5) is 11.3. The molecule has 1 rings (SSSR count). The van der Waals surface area contributed by atoms with Crippen molar-refractivity contribution in [3.8, 4) is 0 Å². The van der Waals surface area contributed by atoms with Gasteiger partial charge in [-0.3, -0.25) is 0 Å². The number of primary amides is 1. The van der Waals surface area contributed by atoms with E-state index in [2.05, 4.69) is 14.0 Å². The maximum atomic E-state index is 11.3. The smallest absolute Gasteiger partial charge is 0.316 e. The highest BCUT2D eigenvalue weighted by atomic mass is 16.1. The van der Waals surface area contributed by atoms with Crippen LogP contribution < -0.4 is 5.32 Å². The Hall–Kier alpha value is -1.15. The summed E-state index contributed by atoms with van der Waals surface area (Å²) in [7, 11) is 3.48. The topological polar surface area (TPSA) is 33.7 Å². The standard InChI is InChI=1S/C14H21NO/c1-3-4-5-6-7-12-8-10-13(11-9-12)14(16)15-2/h8-11H,2-7,15H2,1H3. The predicted molar refractivity (Wildman–Crippen MR) is 65.9 cm³/mol. The van der Waals surface area contributed by atoms with Gasteiger partial charge in [0.1, 0.15) is 0 Å². The van der Waals surface area contributed by atoms with Crippen LogP contribution in [0.4, 0.5) is 0 Å². The monoisotopic (exact) mass is 219 g/mol. The van der Waals surface area contributed by atoms with E-state index in [1.807, 2.05) is 24.3 Å². The van der Waals surface area contributed by atoms with Crippen LogP contribution in [-0.4, -0.2) is 5.91 Å². The van der Waals surface area contributed by atoms with E-state index in [1.165, 1.54) is 36.6 Å². The lowest BCUT2D eigenvalue weighted by Crippen LogP contribution is -2.81. The fourth-order valence-corrected chi connectivity index (χ4v) is 1.71. The summed E-state index contributed by atoms with van der Waals surface area (Å²) >= 11 is 0. The Labute approximate surface area is 98.1 Å². The molecule has 0 fully saturated rings. The van der Waals surface area contributed by atoms with Crippen LogP contribution in [0.1, 0.15) is 48.5 Å². The van der Waals surface area contributed by atoms with Gasteiger partial charge in [0.15, 0.2) is 0 Å². The number of aryl methyl sites for hydroxylation is 1. The molecule has 1 amide bonds. The third-order valence-corrected chi connectivity index (χ3v) is 2.74. The van der Waals surface area contributed by atoms with Crippen LogP contribution >= 0.6 is 0 Å². The second kappa shape index (κ2) is 7.18. The molecule has 16 heavy (non-hydrogen) atoms. The highest BCUT2D eigenvalue weighted by Crippen LogP contribution is 2.09. The molecule has 2 N–H and O–H groups in total. The molecule has 0 aliphatic carbocycles. The quantitative estimate of drug-likeness (QED) is 0.578. The second-order valence-electron chi connectivity index (χ2n) is 4.08. The number of amides is 1. The number of hydrogen-bond acceptors (Lipinski definition) is 1. The van der Waals surface area contributed by atoms with Gasteiger partial charge in [-0.1, -0.05) is 38.3 Å². The summed E-state index contributed by atoms with van der Waals surface area (Å²) in [6.07, 6.45) is 6.23. The van der Waals surface area contributed by atoms with Crippen LogP contribution in [0.15, 0.2) is 24.3 Å². The van der Waals surface area contributed by atoms with Gasteiger partial charge in [0, 0.05) is 0 Å². The zero-order valence-electron chi connectivity index (χ0n) is 10.0. The van der Waals surface area contributed by atoms with Crippen LogP contribution in [0, 0.1) is 7.05 Å². The van der Waals surface area contributed by atoms with E-state index in [4.69, 9.17) is 0 Å². The SMILES string of the molecule is [CH2-][NH2+]C(=O)c1ccc(CCCCCC)cc1. The first-order valence-corrected chi connectivity index (χ1v) is 6.03. The first-order valence-electron chi connectivity index (χ1n) is 6.03. The molecule has 0 aromatic heterocycles. The lowest BCUT2D eigenvalue weighted by atomic mass is 10.0. The molecule has 1 aromatic rings. The molecular weight excluding hydrogens is 198 g/mol. The fourth-order valence-electron chi connectivity index (χ4n) is 1.71. The van der Waals surface area contributed by atoms with Gasteiger partial charge in [-0.25, -0.2) is 4.79 Å². The molecule has 0 bridgehead atoms. The first kappa shape index (κ1) is 12.9. The minimum Gasteiger partial charge on any atom is -0.411 e. The van der Waals surface area contributed by atoms with Crippen molar-refractivity contribution in [1.82, 2.24) is 0 Å². The molecule has 0 aliphatic rings. The molecule has 0 spiro atoms. The van der Waals surface area contributed by atoms with Crippen LogP contribution in [0.2, 0.25) is 0 Å². The normalized spacial score (nSPS) is 10.4. The van der Waals surface area contributed by atoms with Crippen molar-refractivity contribution in [3.63, 3.8) is 0 Å². The molecule has 2 heteroatoms. The van der Waals surface area contributed by atoms with Gasteiger partial charge in [0.05, 0.1) is 5.56 Å². The number of unbranched alkanes of at least 4 members (excludes halogenated alkanes) is 3. The van der Waals surface area contributed by atoms with Gasteiger partial charge < -0.3 is 5.32 Å². The van der Waals surface area contributed by atoms with E-state index in [0.717, 1.165) is 12.0 Å². The van der Waals surface area contributed by atoms with Gasteiger partial charge in [0.25, 0.3) is 0 Å². The average molecular weight is 219 g/mol. The number of benzene rings is 1. The largest absolute Gasteiger partial charge is 0.411 e. The maximum Gasteiger partial charge on any atom is 0.316 e. The fraction of sp³-hybridized carbons (Fsp3) is 0.429. The third kappa shape index (κ3) is 4.15. The summed E-state index contributed by atoms with van der Waals surface area (Å²) in [5.41, 5.74) is 2.05. The summed E-state index contributed by atoms with van der Waals surface area (Å²) < 4.78 is 0. The first-order chi connectivity index (χ1) is 7.77. The number of carbonyl (C=O) groups excluding carboxylic acids is 1. The molecular formula is C14H21NO. The second-order valence-corrected chi connectivity index (χ2v) is 4.08. The van der Waals surface area contributed by atoms with Crippen molar-refractivity contribution in [2.45, 2.75) is 39.0 Å². The van der Waals surface area contributed by atoms with Gasteiger partial charge in [-0.15, -0.1) is 7.05 Å². The van der Waals surface area contributed by atoms with Crippen molar-refractivity contribution in [2.24, 2.45) is 0 Å². The van der Waals surface area contributed by atoms with E-state index >= 15 is 0 Å². The number of quaternary nitrogens is 1. The van der Waals surface area contributed by atoms with Crippen molar-refractivity contribution in [1.29, 1.82) is 0 Å². The minimum absolute atomic E-state index is 0.00228. The lowest BCUT2D eigenvalue weighted by Gasteiger charge is -2.03. The zero-order chi connectivity index (χ0) is 11.8. The molecule has 0 aliphatic heterocycles. The Kier molecular flexibility index (Phi) is 5.79. The van der Waals surface area contributed by atoms with Crippen LogP contribution in [0.5, 0.6) is 0 Å². The van der Waals surface area contributed by atoms with Crippen LogP contribution in [0.25, 0.3) is 0 Å². The molecule has 2 nitrogen and oxygen atoms in total. The predicted octanol–water partition coefficient (Wildman–Crippen LogP) is 2.30. The van der Waals surface area contributed by atoms with Crippen LogP contribution in [0.3, 0.4) is 0 Å². The molecule has 0 saturated carbocycles. The third-order valence-electron chi connectivity index (χ3n) is 2.74. The Morgan fingerprint density at radius 1 is 1.19 bits per heavy atom. The Morgan fingerprint density at radius 2 is 1.88 bits per heavy atom. The Bertz CT molecular complexity index is 316. The molecule has 0 atom stereocenters. The van der Waals surface area contributed by atoms with Gasteiger partial charge >= 0.3 is 5.91 Å². The summed E-state index contributed by atoms with van der Waals surface area (Å²) in [5.74, 6) is -0.00228. The van der Waals surface area contributed by atoms with Crippen molar-refractivity contribution in [3.05, 3.63) is 42.4 Å².